The number of halogens is 2. The number of carbonyl (C=O) groups is 2. The lowest BCUT2D eigenvalue weighted by Crippen LogP contribution is -2.32. The van der Waals surface area contributed by atoms with Crippen molar-refractivity contribution in [3.05, 3.63) is 85.0 Å². The highest BCUT2D eigenvalue weighted by Crippen LogP contribution is 2.33. The normalized spacial score (nSPS) is 15.1. The van der Waals surface area contributed by atoms with Crippen molar-refractivity contribution < 1.29 is 14.3 Å². The number of carbonyl (C=O) groups excluding carboxylic acids is 2. The molecule has 0 N–H and O–H groups in total. The molecule has 0 radical (unpaired) electrons. The fraction of sp³-hybridized carbons (Fsp3) is 0.167. The van der Waals surface area contributed by atoms with Gasteiger partial charge in [0.1, 0.15) is 12.4 Å². The summed E-state index contributed by atoms with van der Waals surface area (Å²) in [7, 11) is 0. The maximum Gasteiger partial charge on any atom is 0.293 e. The predicted octanol–water partition coefficient (Wildman–Crippen LogP) is 6.47. The van der Waals surface area contributed by atoms with E-state index in [9.17, 15) is 9.59 Å². The summed E-state index contributed by atoms with van der Waals surface area (Å²) in [6.45, 7) is 4.45. The Labute approximate surface area is 209 Å². The second-order valence-corrected chi connectivity index (χ2v) is 9.95. The third-order valence-corrected chi connectivity index (χ3v) is 6.99. The third-order valence-electron chi connectivity index (χ3n) is 5.11. The van der Waals surface area contributed by atoms with Crippen molar-refractivity contribution >= 4 is 63.2 Å². The van der Waals surface area contributed by atoms with Crippen LogP contribution in [0, 0.1) is 17.4 Å². The SMILES string of the molecule is Cc1cc(/C=C2\SC(=O)N(CCOc3ccc(Cl)cc3)C2=O)c(C)n1-c1ccc(I)cc1. The van der Waals surface area contributed by atoms with Gasteiger partial charge in [0.2, 0.25) is 0 Å². The van der Waals surface area contributed by atoms with Gasteiger partial charge in [0.15, 0.2) is 0 Å². The van der Waals surface area contributed by atoms with Crippen molar-refractivity contribution in [3.63, 3.8) is 0 Å². The van der Waals surface area contributed by atoms with E-state index < -0.39 is 0 Å². The predicted molar refractivity (Wildman–Crippen MR) is 138 cm³/mol. The summed E-state index contributed by atoms with van der Waals surface area (Å²) in [6, 6.07) is 17.3. The van der Waals surface area contributed by atoms with Crippen molar-refractivity contribution in [1.82, 2.24) is 9.47 Å². The first-order chi connectivity index (χ1) is 15.3. The molecule has 2 aromatic carbocycles. The van der Waals surface area contributed by atoms with E-state index in [2.05, 4.69) is 51.4 Å². The van der Waals surface area contributed by atoms with Crippen molar-refractivity contribution in [2.24, 2.45) is 0 Å². The average molecular weight is 579 g/mol. The highest BCUT2D eigenvalue weighted by atomic mass is 127. The molecule has 32 heavy (non-hydrogen) atoms. The molecule has 1 aliphatic heterocycles. The van der Waals surface area contributed by atoms with E-state index >= 15 is 0 Å². The number of nitrogens with zero attached hydrogens (tertiary/aromatic N) is 2. The Morgan fingerprint density at radius 3 is 2.44 bits per heavy atom. The Balaban J connectivity index is 1.48. The van der Waals surface area contributed by atoms with Gasteiger partial charge in [-0.3, -0.25) is 14.5 Å². The fourth-order valence-electron chi connectivity index (χ4n) is 3.54. The molecule has 0 saturated carbocycles. The van der Waals surface area contributed by atoms with Gasteiger partial charge in [0, 0.05) is 25.7 Å². The molecule has 1 aliphatic rings. The van der Waals surface area contributed by atoms with Crippen LogP contribution in [-0.4, -0.2) is 33.8 Å². The number of rotatable bonds is 6. The number of aromatic nitrogens is 1. The average Bonchev–Trinajstić information content (AvgIpc) is 3.19. The van der Waals surface area contributed by atoms with Crippen LogP contribution < -0.4 is 4.74 Å². The molecule has 0 bridgehead atoms. The van der Waals surface area contributed by atoms with Crippen LogP contribution >= 0.6 is 46.0 Å². The van der Waals surface area contributed by atoms with E-state index in [1.165, 1.54) is 8.47 Å². The van der Waals surface area contributed by atoms with Crippen molar-refractivity contribution in [3.8, 4) is 11.4 Å². The minimum absolute atomic E-state index is 0.187. The minimum atomic E-state index is -0.293. The molecule has 2 heterocycles. The number of imide groups is 1. The lowest BCUT2D eigenvalue weighted by atomic mass is 10.2. The van der Waals surface area contributed by atoms with Gasteiger partial charge in [-0.2, -0.15) is 0 Å². The first kappa shape index (κ1) is 22.9. The first-order valence-corrected chi connectivity index (χ1v) is 12.2. The fourth-order valence-corrected chi connectivity index (χ4v) is 4.88. The van der Waals surface area contributed by atoms with Crippen LogP contribution in [0.5, 0.6) is 5.75 Å². The number of aryl methyl sites for hydroxylation is 1. The molecule has 8 heteroatoms. The van der Waals surface area contributed by atoms with E-state index in [1.807, 2.05) is 19.9 Å². The van der Waals surface area contributed by atoms with E-state index in [-0.39, 0.29) is 24.3 Å². The molecule has 0 unspecified atom stereocenters. The zero-order chi connectivity index (χ0) is 22.8. The molecule has 1 saturated heterocycles. The number of hydrogen-bond acceptors (Lipinski definition) is 4. The van der Waals surface area contributed by atoms with Gasteiger partial charge in [-0.1, -0.05) is 11.6 Å². The molecule has 5 nitrogen and oxygen atoms in total. The Hall–Kier alpha value is -2.23. The summed E-state index contributed by atoms with van der Waals surface area (Å²) in [5.74, 6) is 0.346. The van der Waals surface area contributed by atoms with Gasteiger partial charge in [0.25, 0.3) is 11.1 Å². The Bertz CT molecular complexity index is 1200. The zero-order valence-corrected chi connectivity index (χ0v) is 21.2. The van der Waals surface area contributed by atoms with Crippen molar-refractivity contribution in [2.45, 2.75) is 13.8 Å². The van der Waals surface area contributed by atoms with E-state index in [4.69, 9.17) is 16.3 Å². The number of thioether (sulfide) groups is 1. The summed E-state index contributed by atoms with van der Waals surface area (Å²) in [5, 5.41) is 0.335. The van der Waals surface area contributed by atoms with Crippen molar-refractivity contribution in [1.29, 1.82) is 0 Å². The Kier molecular flexibility index (Phi) is 6.97. The van der Waals surface area contributed by atoms with Gasteiger partial charge in [0.05, 0.1) is 11.4 Å². The largest absolute Gasteiger partial charge is 0.492 e. The molecule has 1 aromatic heterocycles. The van der Waals surface area contributed by atoms with Crippen LogP contribution in [0.2, 0.25) is 5.02 Å². The Morgan fingerprint density at radius 1 is 1.06 bits per heavy atom. The minimum Gasteiger partial charge on any atom is -0.492 e. The molecule has 0 aliphatic carbocycles. The summed E-state index contributed by atoms with van der Waals surface area (Å²) in [4.78, 5) is 26.9. The van der Waals surface area contributed by atoms with Crippen LogP contribution in [0.3, 0.4) is 0 Å². The van der Waals surface area contributed by atoms with E-state index in [1.54, 1.807) is 30.3 Å². The maximum absolute atomic E-state index is 12.9. The standard InChI is InChI=1S/C24H20ClIN2O3S/c1-15-13-17(16(2)28(15)20-7-5-19(26)6-8-20)14-22-23(29)27(24(30)32-22)11-12-31-21-9-3-18(25)4-10-21/h3-10,13-14H,11-12H2,1-2H3/b22-14-. The molecule has 4 rings (SSSR count). The van der Waals surface area contributed by atoms with Crippen LogP contribution in [0.25, 0.3) is 11.8 Å². The van der Waals surface area contributed by atoms with Gasteiger partial charge >= 0.3 is 0 Å². The molecule has 1 fully saturated rings. The molecule has 164 valence electrons. The number of benzene rings is 2. The molecule has 0 atom stereocenters. The Morgan fingerprint density at radius 2 is 1.75 bits per heavy atom. The lowest BCUT2D eigenvalue weighted by Gasteiger charge is -2.13. The van der Waals surface area contributed by atoms with Gasteiger partial charge in [-0.25, -0.2) is 0 Å². The van der Waals surface area contributed by atoms with Gasteiger partial charge in [-0.05, 0) is 114 Å². The maximum atomic E-state index is 12.9. The second kappa shape index (κ2) is 9.72. The molecule has 3 aromatic rings. The topological polar surface area (TPSA) is 51.5 Å². The molecular formula is C24H20ClIN2O3S. The molecular weight excluding hydrogens is 559 g/mol. The first-order valence-electron chi connectivity index (χ1n) is 9.92. The highest BCUT2D eigenvalue weighted by molar-refractivity contribution is 14.1. The van der Waals surface area contributed by atoms with E-state index in [0.717, 1.165) is 34.4 Å². The monoisotopic (exact) mass is 578 g/mol. The van der Waals surface area contributed by atoms with Crippen LogP contribution in [0.15, 0.2) is 59.5 Å². The van der Waals surface area contributed by atoms with Gasteiger partial charge < -0.3 is 9.30 Å². The van der Waals surface area contributed by atoms with Crippen LogP contribution in [-0.2, 0) is 4.79 Å². The zero-order valence-electron chi connectivity index (χ0n) is 17.5. The number of amides is 2. The van der Waals surface area contributed by atoms with Crippen molar-refractivity contribution in [2.75, 3.05) is 13.2 Å². The van der Waals surface area contributed by atoms with Gasteiger partial charge in [-0.15, -0.1) is 0 Å². The second-order valence-electron chi connectivity index (χ2n) is 7.27. The summed E-state index contributed by atoms with van der Waals surface area (Å²) in [6.07, 6.45) is 1.80. The van der Waals surface area contributed by atoms with Crippen LogP contribution in [0.1, 0.15) is 17.0 Å². The highest BCUT2D eigenvalue weighted by Gasteiger charge is 2.35. The molecule has 2 amide bonds. The summed E-state index contributed by atoms with van der Waals surface area (Å²) < 4.78 is 8.95. The number of hydrogen-bond donors (Lipinski definition) is 0. The van der Waals surface area contributed by atoms with E-state index in [0.29, 0.717) is 15.7 Å². The number of ether oxygens (including phenoxy) is 1. The lowest BCUT2D eigenvalue weighted by molar-refractivity contribution is -0.123. The smallest absolute Gasteiger partial charge is 0.293 e. The molecule has 0 spiro atoms. The third kappa shape index (κ3) is 4.89. The summed E-state index contributed by atoms with van der Waals surface area (Å²) >= 11 is 9.11. The van der Waals surface area contributed by atoms with Crippen LogP contribution in [0.4, 0.5) is 4.79 Å². The summed E-state index contributed by atoms with van der Waals surface area (Å²) in [5.41, 5.74) is 4.06. The quantitative estimate of drug-likeness (QED) is 0.249.